The SMILES string of the molecule is C[C@H](NCc1cc(=O)oc2ccc3ccccc3c12)c1ccc(F)c(F)c1. The van der Waals surface area contributed by atoms with E-state index in [4.69, 9.17) is 4.42 Å². The summed E-state index contributed by atoms with van der Waals surface area (Å²) < 4.78 is 32.0. The fourth-order valence-corrected chi connectivity index (χ4v) is 3.32. The van der Waals surface area contributed by atoms with Gasteiger partial charge < -0.3 is 9.73 Å². The Morgan fingerprint density at radius 1 is 1.00 bits per heavy atom. The van der Waals surface area contributed by atoms with Crippen molar-refractivity contribution in [3.8, 4) is 0 Å². The minimum atomic E-state index is -0.877. The molecule has 0 aliphatic heterocycles. The van der Waals surface area contributed by atoms with Crippen LogP contribution in [-0.2, 0) is 6.54 Å². The molecule has 136 valence electrons. The van der Waals surface area contributed by atoms with E-state index < -0.39 is 17.3 Å². The molecule has 3 nitrogen and oxygen atoms in total. The number of halogens is 2. The predicted octanol–water partition coefficient (Wildman–Crippen LogP) is 5.08. The smallest absolute Gasteiger partial charge is 0.336 e. The lowest BCUT2D eigenvalue weighted by atomic mass is 10.0. The van der Waals surface area contributed by atoms with Gasteiger partial charge in [-0.3, -0.25) is 0 Å². The molecule has 0 unspecified atom stereocenters. The Bertz CT molecular complexity index is 1200. The van der Waals surface area contributed by atoms with Gasteiger partial charge in [0.25, 0.3) is 0 Å². The molecule has 1 aromatic heterocycles. The first-order chi connectivity index (χ1) is 13.0. The summed E-state index contributed by atoms with van der Waals surface area (Å²) in [6, 6.07) is 16.7. The Morgan fingerprint density at radius 2 is 1.81 bits per heavy atom. The lowest BCUT2D eigenvalue weighted by Gasteiger charge is -2.16. The van der Waals surface area contributed by atoms with Crippen LogP contribution >= 0.6 is 0 Å². The van der Waals surface area contributed by atoms with Crippen molar-refractivity contribution in [2.24, 2.45) is 0 Å². The van der Waals surface area contributed by atoms with Crippen LogP contribution in [0.3, 0.4) is 0 Å². The summed E-state index contributed by atoms with van der Waals surface area (Å²) in [5, 5.41) is 6.20. The van der Waals surface area contributed by atoms with E-state index >= 15 is 0 Å². The Hall–Kier alpha value is -3.05. The Morgan fingerprint density at radius 3 is 2.63 bits per heavy atom. The molecule has 0 radical (unpaired) electrons. The first-order valence-electron chi connectivity index (χ1n) is 8.66. The first-order valence-corrected chi connectivity index (χ1v) is 8.66. The zero-order chi connectivity index (χ0) is 19.0. The van der Waals surface area contributed by atoms with Crippen molar-refractivity contribution < 1.29 is 13.2 Å². The van der Waals surface area contributed by atoms with Gasteiger partial charge in [0.2, 0.25) is 0 Å². The van der Waals surface area contributed by atoms with Gasteiger partial charge in [-0.25, -0.2) is 13.6 Å². The number of hydrogen-bond acceptors (Lipinski definition) is 3. The van der Waals surface area contributed by atoms with E-state index in [1.807, 2.05) is 37.3 Å². The quantitative estimate of drug-likeness (QED) is 0.405. The molecule has 0 fully saturated rings. The summed E-state index contributed by atoms with van der Waals surface area (Å²) in [7, 11) is 0. The van der Waals surface area contributed by atoms with E-state index in [1.165, 1.54) is 12.1 Å². The molecule has 4 aromatic rings. The average molecular weight is 365 g/mol. The van der Waals surface area contributed by atoms with Crippen LogP contribution in [0.2, 0.25) is 0 Å². The first kappa shape index (κ1) is 17.4. The molecular weight excluding hydrogens is 348 g/mol. The molecule has 27 heavy (non-hydrogen) atoms. The molecule has 1 heterocycles. The monoisotopic (exact) mass is 365 g/mol. The normalized spacial score (nSPS) is 12.6. The third kappa shape index (κ3) is 3.34. The third-order valence-corrected chi connectivity index (χ3v) is 4.76. The van der Waals surface area contributed by atoms with Crippen molar-refractivity contribution >= 4 is 21.7 Å². The highest BCUT2D eigenvalue weighted by molar-refractivity contribution is 6.07. The summed E-state index contributed by atoms with van der Waals surface area (Å²) >= 11 is 0. The van der Waals surface area contributed by atoms with Gasteiger partial charge in [0.05, 0.1) is 0 Å². The average Bonchev–Trinajstić information content (AvgIpc) is 2.67. The fourth-order valence-electron chi connectivity index (χ4n) is 3.32. The Balaban J connectivity index is 1.71. The van der Waals surface area contributed by atoms with Crippen LogP contribution in [0.4, 0.5) is 8.78 Å². The Labute approximate surface area is 154 Å². The minimum absolute atomic E-state index is 0.225. The maximum Gasteiger partial charge on any atom is 0.336 e. The van der Waals surface area contributed by atoms with Crippen molar-refractivity contribution in [2.75, 3.05) is 0 Å². The molecule has 0 aliphatic carbocycles. The highest BCUT2D eigenvalue weighted by Crippen LogP contribution is 2.27. The summed E-state index contributed by atoms with van der Waals surface area (Å²) in [4.78, 5) is 12.0. The van der Waals surface area contributed by atoms with Crippen molar-refractivity contribution in [3.63, 3.8) is 0 Å². The lowest BCUT2D eigenvalue weighted by Crippen LogP contribution is -2.19. The van der Waals surface area contributed by atoms with Crippen LogP contribution in [0.1, 0.15) is 24.1 Å². The number of fused-ring (bicyclic) bond motifs is 3. The second-order valence-electron chi connectivity index (χ2n) is 6.53. The predicted molar refractivity (Wildman–Crippen MR) is 102 cm³/mol. The standard InChI is InChI=1S/C22H17F2NO2/c1-13(15-6-8-18(23)19(24)10-15)25-12-16-11-21(26)27-20-9-7-14-4-2-3-5-17(14)22(16)20/h2-11,13,25H,12H2,1H3/t13-/m0/s1. The fraction of sp³-hybridized carbons (Fsp3) is 0.136. The van der Waals surface area contributed by atoms with Gasteiger partial charge >= 0.3 is 5.63 Å². The molecule has 4 rings (SSSR count). The van der Waals surface area contributed by atoms with Gasteiger partial charge in [-0.1, -0.05) is 36.4 Å². The largest absolute Gasteiger partial charge is 0.423 e. The van der Waals surface area contributed by atoms with Crippen molar-refractivity contribution in [1.29, 1.82) is 0 Å². The van der Waals surface area contributed by atoms with Crippen LogP contribution in [0.5, 0.6) is 0 Å². The van der Waals surface area contributed by atoms with Crippen molar-refractivity contribution in [3.05, 3.63) is 93.8 Å². The zero-order valence-corrected chi connectivity index (χ0v) is 14.6. The Kier molecular flexibility index (Phi) is 4.46. The van der Waals surface area contributed by atoms with Gasteiger partial charge in [-0.15, -0.1) is 0 Å². The summed E-state index contributed by atoms with van der Waals surface area (Å²) in [5.74, 6) is -1.75. The molecule has 0 aliphatic rings. The molecule has 1 atom stereocenters. The topological polar surface area (TPSA) is 42.2 Å². The minimum Gasteiger partial charge on any atom is -0.423 e. The van der Waals surface area contributed by atoms with Crippen LogP contribution < -0.4 is 10.9 Å². The maximum atomic E-state index is 13.5. The number of benzene rings is 3. The van der Waals surface area contributed by atoms with Crippen LogP contribution in [0.25, 0.3) is 21.7 Å². The van der Waals surface area contributed by atoms with Gasteiger partial charge in [0, 0.05) is 24.0 Å². The van der Waals surface area contributed by atoms with E-state index in [-0.39, 0.29) is 6.04 Å². The van der Waals surface area contributed by atoms with Gasteiger partial charge in [-0.2, -0.15) is 0 Å². The van der Waals surface area contributed by atoms with Gasteiger partial charge in [-0.05, 0) is 47.0 Å². The third-order valence-electron chi connectivity index (χ3n) is 4.76. The van der Waals surface area contributed by atoms with Crippen LogP contribution in [-0.4, -0.2) is 0 Å². The second-order valence-corrected chi connectivity index (χ2v) is 6.53. The summed E-state index contributed by atoms with van der Waals surface area (Å²) in [6.45, 7) is 2.24. The highest BCUT2D eigenvalue weighted by atomic mass is 19.2. The molecule has 5 heteroatoms. The van der Waals surface area contributed by atoms with Crippen LogP contribution in [0, 0.1) is 11.6 Å². The van der Waals surface area contributed by atoms with E-state index in [1.54, 1.807) is 12.1 Å². The van der Waals surface area contributed by atoms with Crippen LogP contribution in [0.15, 0.2) is 69.9 Å². The van der Waals surface area contributed by atoms with Gasteiger partial charge in [0.1, 0.15) is 5.58 Å². The van der Waals surface area contributed by atoms with Crippen molar-refractivity contribution in [2.45, 2.75) is 19.5 Å². The highest BCUT2D eigenvalue weighted by Gasteiger charge is 2.13. The van der Waals surface area contributed by atoms with E-state index in [9.17, 15) is 13.6 Å². The van der Waals surface area contributed by atoms with E-state index in [0.29, 0.717) is 17.7 Å². The molecule has 0 saturated carbocycles. The summed E-state index contributed by atoms with van der Waals surface area (Å²) in [6.07, 6.45) is 0. The number of hydrogen-bond donors (Lipinski definition) is 1. The molecule has 0 bridgehead atoms. The molecule has 0 amide bonds. The van der Waals surface area contributed by atoms with Crippen molar-refractivity contribution in [1.82, 2.24) is 5.32 Å². The lowest BCUT2D eigenvalue weighted by molar-refractivity contribution is 0.500. The number of rotatable bonds is 4. The summed E-state index contributed by atoms with van der Waals surface area (Å²) in [5.41, 5.74) is 1.53. The number of nitrogens with one attached hydrogen (secondary N) is 1. The zero-order valence-electron chi connectivity index (χ0n) is 14.6. The maximum absolute atomic E-state index is 13.5. The molecule has 1 N–H and O–H groups in total. The molecule has 0 saturated heterocycles. The van der Waals surface area contributed by atoms with E-state index in [2.05, 4.69) is 5.32 Å². The molecule has 3 aromatic carbocycles. The van der Waals surface area contributed by atoms with E-state index in [0.717, 1.165) is 27.8 Å². The molecule has 0 spiro atoms. The van der Waals surface area contributed by atoms with Gasteiger partial charge in [0.15, 0.2) is 11.6 Å². The molecular formula is C22H17F2NO2. The second kappa shape index (κ2) is 6.93.